The summed E-state index contributed by atoms with van der Waals surface area (Å²) in [5, 5.41) is 4.97. The van der Waals surface area contributed by atoms with E-state index in [4.69, 9.17) is 0 Å². The molecule has 1 aromatic rings. The van der Waals surface area contributed by atoms with Crippen LogP contribution in [0.1, 0.15) is 48.2 Å². The van der Waals surface area contributed by atoms with Gasteiger partial charge in [0.1, 0.15) is 6.04 Å². The lowest BCUT2D eigenvalue weighted by molar-refractivity contribution is -0.126. The molecule has 1 aromatic heterocycles. The van der Waals surface area contributed by atoms with Crippen molar-refractivity contribution in [2.75, 3.05) is 32.7 Å². The van der Waals surface area contributed by atoms with Crippen LogP contribution in [0.2, 0.25) is 0 Å². The Hall–Kier alpha value is -1.40. The standard InChI is InChI=1S/C18H27N3O2S/c22-17(19-9-13-20-10-3-1-4-11-20)15-7-2-5-12-21(15)18(23)16-8-6-14-24-16/h6,8,14-15H,1-5,7,9-13H2,(H,19,22). The molecule has 1 unspecified atom stereocenters. The molecule has 2 fully saturated rings. The summed E-state index contributed by atoms with van der Waals surface area (Å²) in [6, 6.07) is 3.41. The lowest BCUT2D eigenvalue weighted by Gasteiger charge is -2.34. The van der Waals surface area contributed by atoms with Crippen molar-refractivity contribution in [3.63, 3.8) is 0 Å². The first-order valence-electron chi connectivity index (χ1n) is 9.10. The summed E-state index contributed by atoms with van der Waals surface area (Å²) in [4.78, 5) is 30.2. The molecule has 0 aromatic carbocycles. The topological polar surface area (TPSA) is 52.7 Å². The second-order valence-electron chi connectivity index (χ2n) is 6.68. The highest BCUT2D eigenvalue weighted by atomic mass is 32.1. The van der Waals surface area contributed by atoms with Gasteiger partial charge < -0.3 is 15.1 Å². The van der Waals surface area contributed by atoms with Crippen molar-refractivity contribution < 1.29 is 9.59 Å². The first kappa shape index (κ1) is 17.4. The summed E-state index contributed by atoms with van der Waals surface area (Å²) < 4.78 is 0. The van der Waals surface area contributed by atoms with E-state index >= 15 is 0 Å². The molecule has 0 saturated carbocycles. The summed E-state index contributed by atoms with van der Waals surface area (Å²) in [6.45, 7) is 4.55. The Morgan fingerprint density at radius 1 is 1.12 bits per heavy atom. The van der Waals surface area contributed by atoms with Gasteiger partial charge in [-0.25, -0.2) is 0 Å². The summed E-state index contributed by atoms with van der Waals surface area (Å²) in [6.07, 6.45) is 6.61. The van der Waals surface area contributed by atoms with Crippen LogP contribution in [-0.4, -0.2) is 60.4 Å². The predicted molar refractivity (Wildman–Crippen MR) is 96.3 cm³/mol. The molecule has 0 aliphatic carbocycles. The molecule has 2 aliphatic rings. The minimum Gasteiger partial charge on any atom is -0.353 e. The van der Waals surface area contributed by atoms with Crippen molar-refractivity contribution >= 4 is 23.2 Å². The number of carbonyl (C=O) groups excluding carboxylic acids is 2. The van der Waals surface area contributed by atoms with Crippen LogP contribution in [0.3, 0.4) is 0 Å². The average Bonchev–Trinajstić information content (AvgIpc) is 3.16. The maximum Gasteiger partial charge on any atom is 0.264 e. The highest BCUT2D eigenvalue weighted by Crippen LogP contribution is 2.21. The first-order valence-corrected chi connectivity index (χ1v) is 9.98. The molecule has 0 radical (unpaired) electrons. The summed E-state index contributed by atoms with van der Waals surface area (Å²) in [5.74, 6) is 0.0116. The maximum absolute atomic E-state index is 12.6. The third-order valence-corrected chi connectivity index (χ3v) is 5.83. The van der Waals surface area contributed by atoms with Crippen molar-refractivity contribution in [1.29, 1.82) is 0 Å². The van der Waals surface area contributed by atoms with E-state index in [1.807, 2.05) is 17.5 Å². The quantitative estimate of drug-likeness (QED) is 0.888. The lowest BCUT2D eigenvalue weighted by atomic mass is 10.0. The second-order valence-corrected chi connectivity index (χ2v) is 7.63. The Labute approximate surface area is 148 Å². The first-order chi connectivity index (χ1) is 11.8. The van der Waals surface area contributed by atoms with E-state index in [1.165, 1.54) is 30.6 Å². The van der Waals surface area contributed by atoms with Gasteiger partial charge in [0.2, 0.25) is 5.91 Å². The van der Waals surface area contributed by atoms with E-state index in [1.54, 1.807) is 4.90 Å². The normalized spacial score (nSPS) is 22.3. The molecule has 2 amide bonds. The molecule has 3 heterocycles. The van der Waals surface area contributed by atoms with E-state index in [2.05, 4.69) is 10.2 Å². The largest absolute Gasteiger partial charge is 0.353 e. The monoisotopic (exact) mass is 349 g/mol. The van der Waals surface area contributed by atoms with Gasteiger partial charge in [-0.05, 0) is 56.6 Å². The predicted octanol–water partition coefficient (Wildman–Crippen LogP) is 2.34. The minimum absolute atomic E-state index is 0.000815. The van der Waals surface area contributed by atoms with E-state index in [0.717, 1.165) is 43.8 Å². The molecule has 5 nitrogen and oxygen atoms in total. The van der Waals surface area contributed by atoms with Crippen molar-refractivity contribution in [3.8, 4) is 0 Å². The number of likely N-dealkylation sites (tertiary alicyclic amines) is 2. The molecule has 6 heteroatoms. The molecular weight excluding hydrogens is 322 g/mol. The Kier molecular flexibility index (Phi) is 6.26. The Morgan fingerprint density at radius 3 is 2.67 bits per heavy atom. The Bertz CT molecular complexity index is 540. The Balaban J connectivity index is 1.52. The lowest BCUT2D eigenvalue weighted by Crippen LogP contribution is -2.52. The van der Waals surface area contributed by atoms with Gasteiger partial charge in [-0.1, -0.05) is 12.5 Å². The van der Waals surface area contributed by atoms with Gasteiger partial charge in [-0.3, -0.25) is 9.59 Å². The third kappa shape index (κ3) is 4.36. The molecule has 24 heavy (non-hydrogen) atoms. The maximum atomic E-state index is 12.6. The van der Waals surface area contributed by atoms with Gasteiger partial charge in [0.25, 0.3) is 5.91 Å². The highest BCUT2D eigenvalue weighted by molar-refractivity contribution is 7.12. The smallest absolute Gasteiger partial charge is 0.264 e. The number of hydrogen-bond donors (Lipinski definition) is 1. The van der Waals surface area contributed by atoms with Crippen LogP contribution in [0.25, 0.3) is 0 Å². The molecular formula is C18H27N3O2S. The summed E-state index contributed by atoms with van der Waals surface area (Å²) >= 11 is 1.45. The molecule has 0 spiro atoms. The van der Waals surface area contributed by atoms with Crippen LogP contribution in [0.15, 0.2) is 17.5 Å². The average molecular weight is 350 g/mol. The fourth-order valence-corrected chi connectivity index (χ4v) is 4.31. The van der Waals surface area contributed by atoms with Gasteiger partial charge in [0.15, 0.2) is 0 Å². The fourth-order valence-electron chi connectivity index (χ4n) is 3.63. The van der Waals surface area contributed by atoms with E-state index in [-0.39, 0.29) is 17.9 Å². The molecule has 2 saturated heterocycles. The SMILES string of the molecule is O=C(NCCN1CCCCC1)C1CCCCN1C(=O)c1cccs1. The van der Waals surface area contributed by atoms with Gasteiger partial charge in [0, 0.05) is 19.6 Å². The zero-order valence-corrected chi connectivity index (χ0v) is 15.0. The van der Waals surface area contributed by atoms with Crippen molar-refractivity contribution in [2.45, 2.75) is 44.6 Å². The second kappa shape index (κ2) is 8.62. The zero-order valence-electron chi connectivity index (χ0n) is 14.2. The molecule has 0 bridgehead atoms. The van der Waals surface area contributed by atoms with Gasteiger partial charge in [-0.2, -0.15) is 0 Å². The van der Waals surface area contributed by atoms with Gasteiger partial charge in [-0.15, -0.1) is 11.3 Å². The number of hydrogen-bond acceptors (Lipinski definition) is 4. The number of amides is 2. The van der Waals surface area contributed by atoms with Crippen LogP contribution in [-0.2, 0) is 4.79 Å². The molecule has 3 rings (SSSR count). The van der Waals surface area contributed by atoms with E-state index in [9.17, 15) is 9.59 Å². The number of thiophene rings is 1. The molecule has 1 N–H and O–H groups in total. The Morgan fingerprint density at radius 2 is 1.92 bits per heavy atom. The minimum atomic E-state index is -0.310. The summed E-state index contributed by atoms with van der Waals surface area (Å²) in [5.41, 5.74) is 0. The van der Waals surface area contributed by atoms with E-state index < -0.39 is 0 Å². The molecule has 2 aliphatic heterocycles. The van der Waals surface area contributed by atoms with Crippen molar-refractivity contribution in [2.24, 2.45) is 0 Å². The number of carbonyl (C=O) groups is 2. The molecule has 1 atom stereocenters. The van der Waals surface area contributed by atoms with Gasteiger partial charge in [0.05, 0.1) is 4.88 Å². The fraction of sp³-hybridized carbons (Fsp3) is 0.667. The third-order valence-electron chi connectivity index (χ3n) is 4.97. The van der Waals surface area contributed by atoms with E-state index in [0.29, 0.717) is 13.1 Å². The number of rotatable bonds is 5. The summed E-state index contributed by atoms with van der Waals surface area (Å²) in [7, 11) is 0. The van der Waals surface area contributed by atoms with Crippen LogP contribution in [0, 0.1) is 0 Å². The zero-order chi connectivity index (χ0) is 16.8. The van der Waals surface area contributed by atoms with Crippen LogP contribution < -0.4 is 5.32 Å². The molecule has 132 valence electrons. The van der Waals surface area contributed by atoms with Crippen molar-refractivity contribution in [1.82, 2.24) is 15.1 Å². The van der Waals surface area contributed by atoms with Crippen LogP contribution >= 0.6 is 11.3 Å². The number of nitrogens with one attached hydrogen (secondary N) is 1. The highest BCUT2D eigenvalue weighted by Gasteiger charge is 2.32. The number of nitrogens with zero attached hydrogens (tertiary/aromatic N) is 2. The van der Waals surface area contributed by atoms with Gasteiger partial charge >= 0.3 is 0 Å². The van der Waals surface area contributed by atoms with Crippen LogP contribution in [0.4, 0.5) is 0 Å². The van der Waals surface area contributed by atoms with Crippen molar-refractivity contribution in [3.05, 3.63) is 22.4 Å². The van der Waals surface area contributed by atoms with Crippen LogP contribution in [0.5, 0.6) is 0 Å². The number of piperidine rings is 2.